The Kier molecular flexibility index (Phi) is 8.27. The third-order valence-corrected chi connectivity index (χ3v) is 6.44. The van der Waals surface area contributed by atoms with E-state index in [4.69, 9.17) is 4.74 Å². The first kappa shape index (κ1) is 23.7. The molecular weight excluding hydrogens is 428 g/mol. The molecule has 1 atom stereocenters. The molecule has 2 aromatic rings. The Bertz CT molecular complexity index is 983. The number of hydrogen-bond donors (Lipinski definition) is 2. The molecular formula is C20H24N2O6S2. The highest BCUT2D eigenvalue weighted by Gasteiger charge is 2.20. The largest absolute Gasteiger partial charge is 0.453 e. The maximum atomic E-state index is 12.2. The van der Waals surface area contributed by atoms with Gasteiger partial charge in [-0.25, -0.2) is 13.1 Å². The molecule has 0 spiro atoms. The van der Waals surface area contributed by atoms with Gasteiger partial charge in [0.05, 0.1) is 16.2 Å². The van der Waals surface area contributed by atoms with Gasteiger partial charge in [0, 0.05) is 18.2 Å². The van der Waals surface area contributed by atoms with E-state index in [2.05, 4.69) is 10.0 Å². The van der Waals surface area contributed by atoms with Crippen LogP contribution in [0.2, 0.25) is 0 Å². The number of benzene rings is 1. The maximum Gasteiger partial charge on any atom is 0.307 e. The first-order valence-electron chi connectivity index (χ1n) is 9.28. The summed E-state index contributed by atoms with van der Waals surface area (Å²) < 4.78 is 31.8. The predicted octanol–water partition coefficient (Wildman–Crippen LogP) is 2.97. The van der Waals surface area contributed by atoms with Crippen LogP contribution in [0.5, 0.6) is 0 Å². The van der Waals surface area contributed by atoms with E-state index in [1.807, 2.05) is 0 Å². The molecule has 0 unspecified atom stereocenters. The fraction of sp³-hybridized carbons (Fsp3) is 0.350. The van der Waals surface area contributed by atoms with E-state index in [1.165, 1.54) is 42.5 Å². The molecule has 10 heteroatoms. The van der Waals surface area contributed by atoms with Crippen LogP contribution < -0.4 is 10.0 Å². The zero-order valence-electron chi connectivity index (χ0n) is 16.9. The van der Waals surface area contributed by atoms with Crippen LogP contribution in [-0.4, -0.2) is 38.2 Å². The van der Waals surface area contributed by atoms with Crippen LogP contribution in [0.3, 0.4) is 0 Å². The summed E-state index contributed by atoms with van der Waals surface area (Å²) in [5.74, 6) is -1.37. The fourth-order valence-electron chi connectivity index (χ4n) is 2.43. The molecule has 0 aliphatic carbocycles. The molecule has 1 amide bonds. The maximum absolute atomic E-state index is 12.2. The third kappa shape index (κ3) is 7.05. The Morgan fingerprint density at radius 1 is 1.03 bits per heavy atom. The van der Waals surface area contributed by atoms with Gasteiger partial charge in [0.2, 0.25) is 10.0 Å². The van der Waals surface area contributed by atoms with Crippen LogP contribution >= 0.6 is 11.3 Å². The van der Waals surface area contributed by atoms with Gasteiger partial charge in [-0.05, 0) is 56.5 Å². The van der Waals surface area contributed by atoms with E-state index in [0.29, 0.717) is 10.6 Å². The summed E-state index contributed by atoms with van der Waals surface area (Å²) in [7, 11) is -3.63. The normalized spacial score (nSPS) is 12.4. The van der Waals surface area contributed by atoms with Crippen LogP contribution in [-0.2, 0) is 24.3 Å². The van der Waals surface area contributed by atoms with Crippen molar-refractivity contribution in [3.63, 3.8) is 0 Å². The number of thiophene rings is 1. The van der Waals surface area contributed by atoms with E-state index in [0.717, 1.165) is 0 Å². The number of carbonyl (C=O) groups excluding carboxylic acids is 3. The standard InChI is InChI=1S/C20H24N2O6S2/c1-13(2)22-30(26,27)16-8-6-15(7-9-16)21-20(25)14(3)28-19(24)11-10-17(23)18-5-4-12-29-18/h4-9,12-14,22H,10-11H2,1-3H3,(H,21,25)/t14-/m1/s1. The van der Waals surface area contributed by atoms with Crippen molar-refractivity contribution in [2.24, 2.45) is 0 Å². The average molecular weight is 453 g/mol. The summed E-state index contributed by atoms with van der Waals surface area (Å²) in [6.45, 7) is 4.85. The van der Waals surface area contributed by atoms with Crippen molar-refractivity contribution in [3.05, 3.63) is 46.7 Å². The number of ether oxygens (including phenoxy) is 1. The van der Waals surface area contributed by atoms with Gasteiger partial charge in [-0.2, -0.15) is 0 Å². The molecule has 162 valence electrons. The van der Waals surface area contributed by atoms with E-state index < -0.39 is 28.0 Å². The number of ketones is 1. The summed E-state index contributed by atoms with van der Waals surface area (Å²) in [5.41, 5.74) is 0.360. The molecule has 0 radical (unpaired) electrons. The lowest BCUT2D eigenvalue weighted by atomic mass is 10.2. The average Bonchev–Trinajstić information content (AvgIpc) is 3.20. The summed E-state index contributed by atoms with van der Waals surface area (Å²) >= 11 is 1.30. The molecule has 8 nitrogen and oxygen atoms in total. The molecule has 1 heterocycles. The number of hydrogen-bond acceptors (Lipinski definition) is 7. The molecule has 2 rings (SSSR count). The third-order valence-electron chi connectivity index (χ3n) is 3.85. The van der Waals surface area contributed by atoms with Crippen molar-refractivity contribution >= 4 is 44.7 Å². The number of amides is 1. The van der Waals surface area contributed by atoms with Crippen molar-refractivity contribution in [2.45, 2.75) is 50.7 Å². The molecule has 30 heavy (non-hydrogen) atoms. The van der Waals surface area contributed by atoms with Crippen LogP contribution in [0.25, 0.3) is 0 Å². The second kappa shape index (κ2) is 10.5. The smallest absolute Gasteiger partial charge is 0.307 e. The van der Waals surface area contributed by atoms with E-state index in [1.54, 1.807) is 31.4 Å². The van der Waals surface area contributed by atoms with Gasteiger partial charge in [0.15, 0.2) is 11.9 Å². The molecule has 0 fully saturated rings. The van der Waals surface area contributed by atoms with Gasteiger partial charge < -0.3 is 10.1 Å². The van der Waals surface area contributed by atoms with Gasteiger partial charge in [0.1, 0.15) is 0 Å². The van der Waals surface area contributed by atoms with Gasteiger partial charge in [-0.15, -0.1) is 11.3 Å². The predicted molar refractivity (Wildman–Crippen MR) is 114 cm³/mol. The highest BCUT2D eigenvalue weighted by molar-refractivity contribution is 7.89. The Balaban J connectivity index is 1.84. The molecule has 0 aliphatic heterocycles. The molecule has 1 aromatic heterocycles. The van der Waals surface area contributed by atoms with Crippen LogP contribution in [0.4, 0.5) is 5.69 Å². The highest BCUT2D eigenvalue weighted by Crippen LogP contribution is 2.16. The number of rotatable bonds is 10. The van der Waals surface area contributed by atoms with Crippen LogP contribution in [0, 0.1) is 0 Å². The Morgan fingerprint density at radius 2 is 1.70 bits per heavy atom. The van der Waals surface area contributed by atoms with Gasteiger partial charge in [-0.1, -0.05) is 6.07 Å². The highest BCUT2D eigenvalue weighted by atomic mass is 32.2. The number of Topliss-reactive ketones (excluding diaryl/α,β-unsaturated/α-hetero) is 1. The molecule has 0 bridgehead atoms. The van der Waals surface area contributed by atoms with E-state index in [9.17, 15) is 22.8 Å². The molecule has 2 N–H and O–H groups in total. The van der Waals surface area contributed by atoms with Gasteiger partial charge in [0.25, 0.3) is 5.91 Å². The molecule has 0 aliphatic rings. The van der Waals surface area contributed by atoms with Gasteiger partial charge in [-0.3, -0.25) is 14.4 Å². The van der Waals surface area contributed by atoms with Crippen molar-refractivity contribution in [1.82, 2.24) is 4.72 Å². The molecule has 0 saturated heterocycles. The quantitative estimate of drug-likeness (QED) is 0.423. The molecule has 1 aromatic carbocycles. The topological polar surface area (TPSA) is 119 Å². The van der Waals surface area contributed by atoms with E-state index >= 15 is 0 Å². The second-order valence-corrected chi connectivity index (χ2v) is 9.48. The van der Waals surface area contributed by atoms with Crippen molar-refractivity contribution in [2.75, 3.05) is 5.32 Å². The summed E-state index contributed by atoms with van der Waals surface area (Å²) in [6, 6.07) is 8.82. The first-order chi connectivity index (χ1) is 14.1. The van der Waals surface area contributed by atoms with E-state index in [-0.39, 0.29) is 29.6 Å². The molecule has 0 saturated carbocycles. The monoisotopic (exact) mass is 452 g/mol. The number of sulfonamides is 1. The lowest BCUT2D eigenvalue weighted by molar-refractivity contribution is -0.153. The lowest BCUT2D eigenvalue weighted by Crippen LogP contribution is -2.30. The zero-order valence-corrected chi connectivity index (χ0v) is 18.5. The lowest BCUT2D eigenvalue weighted by Gasteiger charge is -2.14. The summed E-state index contributed by atoms with van der Waals surface area (Å²) in [4.78, 5) is 36.7. The second-order valence-electron chi connectivity index (χ2n) is 6.82. The number of carbonyl (C=O) groups is 3. The summed E-state index contributed by atoms with van der Waals surface area (Å²) in [6.07, 6.45) is -1.18. The Hall–Kier alpha value is -2.56. The van der Waals surface area contributed by atoms with Crippen molar-refractivity contribution in [1.29, 1.82) is 0 Å². The summed E-state index contributed by atoms with van der Waals surface area (Å²) in [5, 5.41) is 4.34. The number of nitrogens with one attached hydrogen (secondary N) is 2. The first-order valence-corrected chi connectivity index (χ1v) is 11.6. The zero-order chi connectivity index (χ0) is 22.3. The Morgan fingerprint density at radius 3 is 2.27 bits per heavy atom. The minimum absolute atomic E-state index is 0.00797. The number of esters is 1. The van der Waals surface area contributed by atoms with Crippen LogP contribution in [0.15, 0.2) is 46.7 Å². The minimum Gasteiger partial charge on any atom is -0.453 e. The fourth-order valence-corrected chi connectivity index (χ4v) is 4.37. The van der Waals surface area contributed by atoms with Crippen LogP contribution in [0.1, 0.15) is 43.3 Å². The van der Waals surface area contributed by atoms with Crippen molar-refractivity contribution < 1.29 is 27.5 Å². The minimum atomic E-state index is -3.63. The van der Waals surface area contributed by atoms with Crippen molar-refractivity contribution in [3.8, 4) is 0 Å². The number of anilines is 1. The Labute approximate surface area is 179 Å². The SMILES string of the molecule is CC(C)NS(=O)(=O)c1ccc(NC(=O)[C@@H](C)OC(=O)CCC(=O)c2cccs2)cc1. The van der Waals surface area contributed by atoms with Gasteiger partial charge >= 0.3 is 5.97 Å².